The lowest BCUT2D eigenvalue weighted by Gasteiger charge is -2.09. The van der Waals surface area contributed by atoms with Crippen molar-refractivity contribution in [1.82, 2.24) is 10.6 Å². The fourth-order valence-corrected chi connectivity index (χ4v) is 2.08. The van der Waals surface area contributed by atoms with E-state index in [1.165, 1.54) is 0 Å². The van der Waals surface area contributed by atoms with E-state index in [9.17, 15) is 9.59 Å². The van der Waals surface area contributed by atoms with Crippen LogP contribution in [-0.2, 0) is 16.2 Å². The zero-order valence-electron chi connectivity index (χ0n) is 14.9. The van der Waals surface area contributed by atoms with Gasteiger partial charge in [-0.3, -0.25) is 9.59 Å². The molecule has 0 atom stereocenters. The van der Waals surface area contributed by atoms with Crippen LogP contribution in [0.1, 0.15) is 18.9 Å². The average molecular weight is 356 g/mol. The molecule has 2 N–H and O–H groups in total. The van der Waals surface area contributed by atoms with Gasteiger partial charge in [-0.25, -0.2) is 0 Å². The molecule has 138 valence electrons. The minimum atomic E-state index is -0.346. The van der Waals surface area contributed by atoms with E-state index in [1.54, 1.807) is 24.3 Å². The predicted molar refractivity (Wildman–Crippen MR) is 99.0 cm³/mol. The molecule has 2 amide bonds. The molecule has 2 aromatic carbocycles. The highest BCUT2D eigenvalue weighted by Crippen LogP contribution is 2.18. The van der Waals surface area contributed by atoms with E-state index in [0.717, 1.165) is 17.7 Å². The van der Waals surface area contributed by atoms with E-state index in [0.29, 0.717) is 18.9 Å². The lowest BCUT2D eigenvalue weighted by molar-refractivity contribution is -0.127. The minimum absolute atomic E-state index is 0.0472. The summed E-state index contributed by atoms with van der Waals surface area (Å²) in [5.41, 5.74) is 1.09. The summed E-state index contributed by atoms with van der Waals surface area (Å²) >= 11 is 0. The Morgan fingerprint density at radius 3 is 2.15 bits per heavy atom. The molecular weight excluding hydrogens is 332 g/mol. The van der Waals surface area contributed by atoms with Crippen molar-refractivity contribution in [2.75, 3.05) is 19.7 Å². The lowest BCUT2D eigenvalue weighted by atomic mass is 10.2. The smallest absolute Gasteiger partial charge is 0.258 e. The van der Waals surface area contributed by atoms with Crippen molar-refractivity contribution in [2.24, 2.45) is 0 Å². The number of nitrogens with one attached hydrogen (secondary N) is 2. The van der Waals surface area contributed by atoms with Gasteiger partial charge in [0.15, 0.2) is 6.61 Å². The van der Waals surface area contributed by atoms with E-state index >= 15 is 0 Å². The average Bonchev–Trinajstić information content (AvgIpc) is 2.69. The second kappa shape index (κ2) is 10.8. The fraction of sp³-hybridized carbons (Fsp3) is 0.300. The van der Waals surface area contributed by atoms with Gasteiger partial charge in [0.25, 0.3) is 5.91 Å². The molecule has 26 heavy (non-hydrogen) atoms. The second-order valence-electron chi connectivity index (χ2n) is 5.66. The van der Waals surface area contributed by atoms with Crippen molar-refractivity contribution in [3.05, 3.63) is 60.2 Å². The van der Waals surface area contributed by atoms with Gasteiger partial charge in [-0.1, -0.05) is 37.3 Å². The third-order valence-corrected chi connectivity index (χ3v) is 3.46. The van der Waals surface area contributed by atoms with Crippen LogP contribution in [0, 0.1) is 0 Å². The van der Waals surface area contributed by atoms with Crippen molar-refractivity contribution in [3.8, 4) is 11.5 Å². The quantitative estimate of drug-likeness (QED) is 0.685. The highest BCUT2D eigenvalue weighted by molar-refractivity contribution is 5.85. The van der Waals surface area contributed by atoms with Crippen molar-refractivity contribution in [3.63, 3.8) is 0 Å². The van der Waals surface area contributed by atoms with Gasteiger partial charge in [0.2, 0.25) is 5.91 Å². The first-order valence-electron chi connectivity index (χ1n) is 8.60. The first-order valence-corrected chi connectivity index (χ1v) is 8.60. The van der Waals surface area contributed by atoms with E-state index in [2.05, 4.69) is 10.6 Å². The third-order valence-electron chi connectivity index (χ3n) is 3.46. The summed E-state index contributed by atoms with van der Waals surface area (Å²) in [7, 11) is 0. The molecule has 0 fully saturated rings. The van der Waals surface area contributed by atoms with E-state index < -0.39 is 0 Å². The number of rotatable bonds is 10. The van der Waals surface area contributed by atoms with Crippen LogP contribution in [0.25, 0.3) is 0 Å². The maximum Gasteiger partial charge on any atom is 0.258 e. The van der Waals surface area contributed by atoms with Crippen molar-refractivity contribution in [1.29, 1.82) is 0 Å². The normalized spacial score (nSPS) is 10.0. The van der Waals surface area contributed by atoms with Gasteiger partial charge in [-0.2, -0.15) is 0 Å². The molecule has 0 saturated heterocycles. The summed E-state index contributed by atoms with van der Waals surface area (Å²) < 4.78 is 11.1. The van der Waals surface area contributed by atoms with Crippen molar-refractivity contribution < 1.29 is 19.1 Å². The maximum atomic E-state index is 11.7. The summed E-state index contributed by atoms with van der Waals surface area (Å²) in [4.78, 5) is 23.1. The standard InChI is InChI=1S/C20H24N2O4/c1-2-12-21-19(23)13-22-20(24)15-26-18-10-8-17(9-11-18)25-14-16-6-4-3-5-7-16/h3-11H,2,12-15H2,1H3,(H,21,23)(H,22,24). The van der Waals surface area contributed by atoms with E-state index in [-0.39, 0.29) is 25.0 Å². The number of hydrogen-bond donors (Lipinski definition) is 2. The molecule has 0 heterocycles. The van der Waals surface area contributed by atoms with Crippen LogP contribution in [0.5, 0.6) is 11.5 Å². The lowest BCUT2D eigenvalue weighted by Crippen LogP contribution is -2.39. The molecule has 0 radical (unpaired) electrons. The molecule has 0 spiro atoms. The third kappa shape index (κ3) is 7.25. The molecule has 6 heteroatoms. The van der Waals surface area contributed by atoms with Crippen LogP contribution in [0.2, 0.25) is 0 Å². The molecule has 0 aliphatic carbocycles. The van der Waals surface area contributed by atoms with Gasteiger partial charge in [0.05, 0.1) is 6.54 Å². The zero-order valence-corrected chi connectivity index (χ0v) is 14.9. The molecule has 2 rings (SSSR count). The Hall–Kier alpha value is -3.02. The fourth-order valence-electron chi connectivity index (χ4n) is 2.08. The van der Waals surface area contributed by atoms with Gasteiger partial charge < -0.3 is 20.1 Å². The molecule has 0 aliphatic heterocycles. The number of hydrogen-bond acceptors (Lipinski definition) is 4. The Morgan fingerprint density at radius 2 is 1.50 bits per heavy atom. The largest absolute Gasteiger partial charge is 0.489 e. The molecule has 0 saturated carbocycles. The Morgan fingerprint density at radius 1 is 0.846 bits per heavy atom. The number of benzene rings is 2. The van der Waals surface area contributed by atoms with E-state index in [1.807, 2.05) is 37.3 Å². The molecule has 2 aromatic rings. The number of ether oxygens (including phenoxy) is 2. The van der Waals surface area contributed by atoms with Crippen LogP contribution in [0.3, 0.4) is 0 Å². The molecule has 6 nitrogen and oxygen atoms in total. The second-order valence-corrected chi connectivity index (χ2v) is 5.66. The van der Waals surface area contributed by atoms with Gasteiger partial charge in [-0.05, 0) is 36.2 Å². The molecule has 0 unspecified atom stereocenters. The van der Waals surface area contributed by atoms with Crippen molar-refractivity contribution in [2.45, 2.75) is 20.0 Å². The minimum Gasteiger partial charge on any atom is -0.489 e. The first kappa shape index (κ1) is 19.3. The molecule has 0 aliphatic rings. The van der Waals surface area contributed by atoms with Gasteiger partial charge in [0, 0.05) is 6.54 Å². The highest BCUT2D eigenvalue weighted by atomic mass is 16.5. The van der Waals surface area contributed by atoms with Crippen LogP contribution >= 0.6 is 0 Å². The summed E-state index contributed by atoms with van der Waals surface area (Å²) in [6.45, 7) is 2.86. The van der Waals surface area contributed by atoms with Gasteiger partial charge >= 0.3 is 0 Å². The Bertz CT molecular complexity index is 687. The number of carbonyl (C=O) groups is 2. The summed E-state index contributed by atoms with van der Waals surface area (Å²) in [5, 5.41) is 5.19. The number of carbonyl (C=O) groups excluding carboxylic acids is 2. The van der Waals surface area contributed by atoms with E-state index in [4.69, 9.17) is 9.47 Å². The molecule has 0 bridgehead atoms. The van der Waals surface area contributed by atoms with Crippen LogP contribution in [-0.4, -0.2) is 31.5 Å². The van der Waals surface area contributed by atoms with Gasteiger partial charge in [-0.15, -0.1) is 0 Å². The van der Waals surface area contributed by atoms with Crippen molar-refractivity contribution >= 4 is 11.8 Å². The summed E-state index contributed by atoms with van der Waals surface area (Å²) in [6, 6.07) is 16.9. The zero-order chi connectivity index (χ0) is 18.6. The summed E-state index contributed by atoms with van der Waals surface area (Å²) in [5.74, 6) is 0.724. The maximum absolute atomic E-state index is 11.7. The van der Waals surface area contributed by atoms with Gasteiger partial charge in [0.1, 0.15) is 18.1 Å². The monoisotopic (exact) mass is 356 g/mol. The first-order chi connectivity index (χ1) is 12.7. The Balaban J connectivity index is 1.68. The highest BCUT2D eigenvalue weighted by Gasteiger charge is 2.06. The number of amides is 2. The Kier molecular flexibility index (Phi) is 7.99. The van der Waals surface area contributed by atoms with Crippen LogP contribution in [0.4, 0.5) is 0 Å². The SMILES string of the molecule is CCCNC(=O)CNC(=O)COc1ccc(OCc2ccccc2)cc1. The topological polar surface area (TPSA) is 76.7 Å². The summed E-state index contributed by atoms with van der Waals surface area (Å²) in [6.07, 6.45) is 0.855. The predicted octanol–water partition coefficient (Wildman–Crippen LogP) is 2.29. The van der Waals surface area contributed by atoms with Crippen LogP contribution in [0.15, 0.2) is 54.6 Å². The Labute approximate surface area is 153 Å². The van der Waals surface area contributed by atoms with Crippen LogP contribution < -0.4 is 20.1 Å². The molecule has 0 aromatic heterocycles. The molecular formula is C20H24N2O4.